The summed E-state index contributed by atoms with van der Waals surface area (Å²) in [5.41, 5.74) is 3.30. The number of anilines is 1. The van der Waals surface area contributed by atoms with Crippen LogP contribution in [0.3, 0.4) is 0 Å². The predicted molar refractivity (Wildman–Crippen MR) is 87.0 cm³/mol. The van der Waals surface area contributed by atoms with Crippen LogP contribution in [0.2, 0.25) is 0 Å². The van der Waals surface area contributed by atoms with Crippen molar-refractivity contribution in [2.75, 3.05) is 5.32 Å². The molecule has 0 aromatic heterocycles. The van der Waals surface area contributed by atoms with Gasteiger partial charge in [0.05, 0.1) is 6.04 Å². The smallest absolute Gasteiger partial charge is 0.123 e. The van der Waals surface area contributed by atoms with Crippen LogP contribution in [0, 0.1) is 16.3 Å². The van der Waals surface area contributed by atoms with Crippen LogP contribution in [-0.2, 0) is 0 Å². The van der Waals surface area contributed by atoms with E-state index in [0.29, 0.717) is 0 Å². The Balaban J connectivity index is 2.24. The number of benzene rings is 2. The number of nitrogens with one attached hydrogen (secondary N) is 1. The second-order valence-electron chi connectivity index (χ2n) is 4.62. The Labute approximate surface area is 127 Å². The van der Waals surface area contributed by atoms with E-state index in [-0.39, 0.29) is 11.9 Å². The van der Waals surface area contributed by atoms with Gasteiger partial charge in [0.25, 0.3) is 0 Å². The van der Waals surface area contributed by atoms with Crippen LogP contribution in [-0.4, -0.2) is 0 Å². The van der Waals surface area contributed by atoms with Crippen LogP contribution in [0.4, 0.5) is 10.1 Å². The zero-order valence-electron chi connectivity index (χ0n) is 11.1. The van der Waals surface area contributed by atoms with Crippen molar-refractivity contribution in [3.05, 3.63) is 63.0 Å². The van der Waals surface area contributed by atoms with E-state index in [1.54, 1.807) is 12.1 Å². The number of aryl methyl sites for hydroxylation is 1. The fourth-order valence-corrected chi connectivity index (χ4v) is 2.77. The maximum Gasteiger partial charge on any atom is 0.123 e. The van der Waals surface area contributed by atoms with Gasteiger partial charge in [-0.05, 0) is 77.4 Å². The first-order chi connectivity index (χ1) is 9.10. The highest BCUT2D eigenvalue weighted by Gasteiger charge is 2.11. The average Bonchev–Trinajstić information content (AvgIpc) is 2.38. The van der Waals surface area contributed by atoms with Crippen molar-refractivity contribution in [2.24, 2.45) is 0 Å². The zero-order chi connectivity index (χ0) is 13.8. The van der Waals surface area contributed by atoms with Gasteiger partial charge in [-0.3, -0.25) is 0 Å². The first-order valence-corrected chi connectivity index (χ1v) is 7.46. The summed E-state index contributed by atoms with van der Waals surface area (Å²) in [6, 6.07) is 13.2. The molecule has 0 saturated heterocycles. The molecule has 1 atom stereocenters. The molecule has 0 spiro atoms. The van der Waals surface area contributed by atoms with Crippen molar-refractivity contribution >= 4 is 28.3 Å². The molecule has 100 valence electrons. The highest BCUT2D eigenvalue weighted by molar-refractivity contribution is 14.1. The molecule has 0 heterocycles. The van der Waals surface area contributed by atoms with Crippen molar-refractivity contribution in [1.82, 2.24) is 0 Å². The highest BCUT2D eigenvalue weighted by atomic mass is 127. The molecule has 2 rings (SSSR count). The fraction of sp³-hybridized carbons (Fsp3) is 0.250. The first kappa shape index (κ1) is 14.3. The summed E-state index contributed by atoms with van der Waals surface area (Å²) in [5.74, 6) is -0.183. The summed E-state index contributed by atoms with van der Waals surface area (Å²) in [6.45, 7) is 4.19. The minimum atomic E-state index is -0.183. The molecule has 0 saturated carbocycles. The zero-order valence-corrected chi connectivity index (χ0v) is 13.2. The van der Waals surface area contributed by atoms with Gasteiger partial charge < -0.3 is 5.32 Å². The Kier molecular flexibility index (Phi) is 4.80. The number of rotatable bonds is 4. The second-order valence-corrected chi connectivity index (χ2v) is 5.87. The Morgan fingerprint density at radius 2 is 2.00 bits per heavy atom. The minimum absolute atomic E-state index is 0.134. The van der Waals surface area contributed by atoms with E-state index in [1.807, 2.05) is 6.07 Å². The van der Waals surface area contributed by atoms with Gasteiger partial charge in [0.2, 0.25) is 0 Å². The topological polar surface area (TPSA) is 12.0 Å². The molecule has 1 unspecified atom stereocenters. The first-order valence-electron chi connectivity index (χ1n) is 6.38. The van der Waals surface area contributed by atoms with E-state index in [0.717, 1.165) is 17.7 Å². The number of hydrogen-bond donors (Lipinski definition) is 1. The van der Waals surface area contributed by atoms with Crippen LogP contribution in [0.1, 0.15) is 30.5 Å². The van der Waals surface area contributed by atoms with Gasteiger partial charge in [-0.1, -0.05) is 19.1 Å². The van der Waals surface area contributed by atoms with E-state index in [9.17, 15) is 4.39 Å². The van der Waals surface area contributed by atoms with Crippen molar-refractivity contribution in [2.45, 2.75) is 26.3 Å². The molecule has 0 aliphatic carbocycles. The lowest BCUT2D eigenvalue weighted by Gasteiger charge is -2.20. The molecule has 1 N–H and O–H groups in total. The van der Waals surface area contributed by atoms with E-state index < -0.39 is 0 Å². The van der Waals surface area contributed by atoms with E-state index in [2.05, 4.69) is 60.0 Å². The Morgan fingerprint density at radius 1 is 1.21 bits per heavy atom. The molecule has 0 aliphatic rings. The summed E-state index contributed by atoms with van der Waals surface area (Å²) in [7, 11) is 0. The largest absolute Gasteiger partial charge is 0.378 e. The average molecular weight is 369 g/mol. The van der Waals surface area contributed by atoms with Crippen molar-refractivity contribution < 1.29 is 4.39 Å². The van der Waals surface area contributed by atoms with Crippen LogP contribution in [0.25, 0.3) is 0 Å². The lowest BCUT2D eigenvalue weighted by molar-refractivity contribution is 0.621. The van der Waals surface area contributed by atoms with Gasteiger partial charge in [0.1, 0.15) is 5.82 Å². The number of hydrogen-bond acceptors (Lipinski definition) is 1. The molecule has 2 aromatic rings. The van der Waals surface area contributed by atoms with Gasteiger partial charge in [-0.2, -0.15) is 0 Å². The normalized spacial score (nSPS) is 12.2. The summed E-state index contributed by atoms with van der Waals surface area (Å²) in [4.78, 5) is 0. The molecule has 2 aromatic carbocycles. The molecule has 0 amide bonds. The molecule has 19 heavy (non-hydrogen) atoms. The molecular weight excluding hydrogens is 352 g/mol. The summed E-state index contributed by atoms with van der Waals surface area (Å²) in [5, 5.41) is 3.50. The highest BCUT2D eigenvalue weighted by Crippen LogP contribution is 2.26. The van der Waals surface area contributed by atoms with Crippen LogP contribution >= 0.6 is 22.6 Å². The molecule has 1 nitrogen and oxygen atoms in total. The van der Waals surface area contributed by atoms with Gasteiger partial charge in [-0.25, -0.2) is 4.39 Å². The standard InChI is InChI=1S/C16H17FIN/c1-3-15(12-5-4-6-13(17)10-12)19-16-8-7-14(18)9-11(16)2/h4-10,15,19H,3H2,1-2H3. The quantitative estimate of drug-likeness (QED) is 0.721. The maximum absolute atomic E-state index is 13.3. The van der Waals surface area contributed by atoms with Crippen LogP contribution in [0.15, 0.2) is 42.5 Å². The SMILES string of the molecule is CCC(Nc1ccc(I)cc1C)c1cccc(F)c1. The van der Waals surface area contributed by atoms with Gasteiger partial charge in [0, 0.05) is 9.26 Å². The van der Waals surface area contributed by atoms with Gasteiger partial charge >= 0.3 is 0 Å². The summed E-state index contributed by atoms with van der Waals surface area (Å²) in [6.07, 6.45) is 0.912. The number of halogens is 2. The maximum atomic E-state index is 13.3. The van der Waals surface area contributed by atoms with Gasteiger partial charge in [-0.15, -0.1) is 0 Å². The minimum Gasteiger partial charge on any atom is -0.378 e. The van der Waals surface area contributed by atoms with Gasteiger partial charge in [0.15, 0.2) is 0 Å². The molecule has 0 aliphatic heterocycles. The van der Waals surface area contributed by atoms with Crippen LogP contribution < -0.4 is 5.32 Å². The lowest BCUT2D eigenvalue weighted by Crippen LogP contribution is -2.10. The second kappa shape index (κ2) is 6.37. The molecule has 0 bridgehead atoms. The summed E-state index contributed by atoms with van der Waals surface area (Å²) >= 11 is 2.30. The van der Waals surface area contributed by atoms with E-state index in [1.165, 1.54) is 15.2 Å². The Hall–Kier alpha value is -1.10. The molecule has 0 fully saturated rings. The Bertz CT molecular complexity index is 568. The summed E-state index contributed by atoms with van der Waals surface area (Å²) < 4.78 is 14.5. The van der Waals surface area contributed by atoms with E-state index >= 15 is 0 Å². The van der Waals surface area contributed by atoms with E-state index in [4.69, 9.17) is 0 Å². The third-order valence-corrected chi connectivity index (χ3v) is 3.85. The fourth-order valence-electron chi connectivity index (χ4n) is 2.12. The third-order valence-electron chi connectivity index (χ3n) is 3.18. The van der Waals surface area contributed by atoms with Crippen molar-refractivity contribution in [3.8, 4) is 0 Å². The monoisotopic (exact) mass is 369 g/mol. The van der Waals surface area contributed by atoms with Crippen molar-refractivity contribution in [1.29, 1.82) is 0 Å². The lowest BCUT2D eigenvalue weighted by atomic mass is 10.0. The van der Waals surface area contributed by atoms with Crippen LogP contribution in [0.5, 0.6) is 0 Å². The molecular formula is C16H17FIN. The molecule has 3 heteroatoms. The third kappa shape index (κ3) is 3.69. The molecule has 0 radical (unpaired) electrons. The van der Waals surface area contributed by atoms with Crippen molar-refractivity contribution in [3.63, 3.8) is 0 Å². The Morgan fingerprint density at radius 3 is 2.63 bits per heavy atom. The predicted octanol–water partition coefficient (Wildman–Crippen LogP) is 5.30.